The smallest absolute Gasteiger partial charge is 0.311 e. The summed E-state index contributed by atoms with van der Waals surface area (Å²) in [4.78, 5) is 36.1. The topological polar surface area (TPSA) is 114 Å². The number of aliphatic carboxylic acids is 1. The quantitative estimate of drug-likeness (QED) is 0.498. The Morgan fingerprint density at radius 2 is 1.68 bits per heavy atom. The second-order valence-corrected chi connectivity index (χ2v) is 8.71. The molecule has 28 heavy (non-hydrogen) atoms. The lowest BCUT2D eigenvalue weighted by Crippen LogP contribution is -2.38. The molecule has 0 saturated carbocycles. The van der Waals surface area contributed by atoms with E-state index in [1.807, 2.05) is 20.8 Å². The molecule has 0 aliphatic heterocycles. The predicted molar refractivity (Wildman–Crippen MR) is 104 cm³/mol. The van der Waals surface area contributed by atoms with Gasteiger partial charge < -0.3 is 14.6 Å². The van der Waals surface area contributed by atoms with E-state index >= 15 is 0 Å². The lowest BCUT2D eigenvalue weighted by molar-refractivity contribution is -0.158. The van der Waals surface area contributed by atoms with Gasteiger partial charge in [-0.1, -0.05) is 34.1 Å². The third-order valence-electron chi connectivity index (χ3n) is 5.55. The monoisotopic (exact) mass is 397 g/mol. The van der Waals surface area contributed by atoms with Crippen molar-refractivity contribution in [3.05, 3.63) is 0 Å². The van der Waals surface area contributed by atoms with Crippen LogP contribution in [0.25, 0.3) is 0 Å². The molecule has 0 heterocycles. The van der Waals surface area contributed by atoms with Crippen LogP contribution in [0.5, 0.6) is 0 Å². The molecule has 4 atom stereocenters. The average molecular weight is 398 g/mol. The summed E-state index contributed by atoms with van der Waals surface area (Å²) in [6.07, 6.45) is 1.81. The Bertz CT molecular complexity index is 594. The first-order valence-electron chi connectivity index (χ1n) is 9.64. The minimum atomic E-state index is -0.987. The summed E-state index contributed by atoms with van der Waals surface area (Å²) in [7, 11) is 2.58. The van der Waals surface area contributed by atoms with E-state index in [9.17, 15) is 19.6 Å². The zero-order chi connectivity index (χ0) is 22.1. The van der Waals surface area contributed by atoms with Gasteiger partial charge in [0.1, 0.15) is 0 Å². The van der Waals surface area contributed by atoms with Crippen molar-refractivity contribution in [3.63, 3.8) is 0 Å². The number of hydrogen-bond donors (Lipinski definition) is 1. The van der Waals surface area contributed by atoms with E-state index in [-0.39, 0.29) is 24.7 Å². The highest BCUT2D eigenvalue weighted by molar-refractivity contribution is 5.78. The number of rotatable bonds is 12. The molecule has 0 radical (unpaired) electrons. The predicted octanol–water partition coefficient (Wildman–Crippen LogP) is 3.81. The number of nitriles is 1. The maximum absolute atomic E-state index is 12.6. The van der Waals surface area contributed by atoms with Crippen LogP contribution < -0.4 is 0 Å². The fraction of sp³-hybridized carbons (Fsp3) is 0.810. The minimum absolute atomic E-state index is 0.134. The summed E-state index contributed by atoms with van der Waals surface area (Å²) in [5.74, 6) is -3.93. The first kappa shape index (κ1) is 25.9. The number of methoxy groups -OCH3 is 2. The molecule has 0 aliphatic rings. The molecule has 7 heteroatoms. The summed E-state index contributed by atoms with van der Waals surface area (Å²) in [6.45, 7) is 9.44. The third kappa shape index (κ3) is 7.87. The molecular weight excluding hydrogens is 362 g/mol. The number of carbonyl (C=O) groups excluding carboxylic acids is 2. The Kier molecular flexibility index (Phi) is 10.2. The van der Waals surface area contributed by atoms with E-state index in [1.54, 1.807) is 6.92 Å². The lowest BCUT2D eigenvalue weighted by atomic mass is 9.67. The highest BCUT2D eigenvalue weighted by Crippen LogP contribution is 2.42. The van der Waals surface area contributed by atoms with Crippen LogP contribution >= 0.6 is 0 Å². The van der Waals surface area contributed by atoms with Gasteiger partial charge in [-0.25, -0.2) is 0 Å². The van der Waals surface area contributed by atoms with E-state index in [0.29, 0.717) is 6.42 Å². The maximum atomic E-state index is 12.6. The molecule has 0 bridgehead atoms. The van der Waals surface area contributed by atoms with Crippen LogP contribution in [0.15, 0.2) is 0 Å². The van der Waals surface area contributed by atoms with Crippen LogP contribution in [0.4, 0.5) is 0 Å². The number of ether oxygens (including phenoxy) is 2. The van der Waals surface area contributed by atoms with Gasteiger partial charge in [0, 0.05) is 5.92 Å². The summed E-state index contributed by atoms with van der Waals surface area (Å²) in [6, 6.07) is 2.10. The van der Waals surface area contributed by atoms with Crippen molar-refractivity contribution >= 4 is 17.9 Å². The highest BCUT2D eigenvalue weighted by atomic mass is 16.5. The van der Waals surface area contributed by atoms with Gasteiger partial charge in [0.05, 0.1) is 37.5 Å². The SMILES string of the molecule is CCC(C)(C)CC(C)(CC(CC(C#N)CC(C)C(=O)O)C(=O)OC)C(=O)OC. The number of carboxylic acids is 1. The van der Waals surface area contributed by atoms with Crippen LogP contribution in [0.2, 0.25) is 0 Å². The molecule has 0 aromatic rings. The molecule has 1 N–H and O–H groups in total. The number of carboxylic acid groups (broad SMARTS) is 1. The summed E-state index contributed by atoms with van der Waals surface area (Å²) in [5.41, 5.74) is -1.07. The first-order valence-corrected chi connectivity index (χ1v) is 9.64. The van der Waals surface area contributed by atoms with E-state index in [0.717, 1.165) is 6.42 Å². The van der Waals surface area contributed by atoms with Gasteiger partial charge >= 0.3 is 17.9 Å². The van der Waals surface area contributed by atoms with E-state index in [2.05, 4.69) is 6.07 Å². The molecule has 0 aliphatic carbocycles. The Balaban J connectivity index is 5.67. The fourth-order valence-electron chi connectivity index (χ4n) is 3.70. The molecule has 7 nitrogen and oxygen atoms in total. The summed E-state index contributed by atoms with van der Waals surface area (Å²) < 4.78 is 9.92. The van der Waals surface area contributed by atoms with Crippen molar-refractivity contribution in [2.45, 2.75) is 66.7 Å². The molecule has 0 fully saturated rings. The van der Waals surface area contributed by atoms with Crippen molar-refractivity contribution in [1.29, 1.82) is 5.26 Å². The zero-order valence-electron chi connectivity index (χ0n) is 18.2. The maximum Gasteiger partial charge on any atom is 0.311 e. The molecule has 0 rings (SSSR count). The van der Waals surface area contributed by atoms with E-state index in [4.69, 9.17) is 14.6 Å². The number of esters is 2. The van der Waals surface area contributed by atoms with Gasteiger partial charge in [-0.3, -0.25) is 14.4 Å². The largest absolute Gasteiger partial charge is 0.481 e. The molecule has 0 amide bonds. The van der Waals surface area contributed by atoms with Gasteiger partial charge in [0.25, 0.3) is 0 Å². The van der Waals surface area contributed by atoms with E-state index < -0.39 is 41.1 Å². The Labute approximate surface area is 168 Å². The normalized spacial score (nSPS) is 16.8. The first-order chi connectivity index (χ1) is 12.9. The van der Waals surface area contributed by atoms with Crippen molar-refractivity contribution in [3.8, 4) is 6.07 Å². The Morgan fingerprint density at radius 1 is 1.11 bits per heavy atom. The summed E-state index contributed by atoms with van der Waals surface area (Å²) in [5, 5.41) is 18.6. The third-order valence-corrected chi connectivity index (χ3v) is 5.55. The van der Waals surface area contributed by atoms with Gasteiger partial charge in [-0.2, -0.15) is 5.26 Å². The zero-order valence-corrected chi connectivity index (χ0v) is 18.2. The van der Waals surface area contributed by atoms with Gasteiger partial charge in [0.15, 0.2) is 0 Å². The van der Waals surface area contributed by atoms with Crippen molar-refractivity contribution in [1.82, 2.24) is 0 Å². The molecule has 0 spiro atoms. The number of nitrogens with zero attached hydrogens (tertiary/aromatic N) is 1. The second kappa shape index (κ2) is 11.0. The molecule has 4 unspecified atom stereocenters. The van der Waals surface area contributed by atoms with Gasteiger partial charge in [-0.05, 0) is 38.0 Å². The van der Waals surface area contributed by atoms with Crippen LogP contribution in [0.1, 0.15) is 66.7 Å². The highest BCUT2D eigenvalue weighted by Gasteiger charge is 2.43. The van der Waals surface area contributed by atoms with Crippen LogP contribution in [-0.4, -0.2) is 37.2 Å². The number of carbonyl (C=O) groups is 3. The molecule has 0 aromatic heterocycles. The van der Waals surface area contributed by atoms with Crippen LogP contribution in [0.3, 0.4) is 0 Å². The van der Waals surface area contributed by atoms with Crippen LogP contribution in [0, 0.1) is 39.9 Å². The van der Waals surface area contributed by atoms with Crippen molar-refractivity contribution < 1.29 is 29.0 Å². The molecular formula is C21H35NO6. The molecule has 0 saturated heterocycles. The van der Waals surface area contributed by atoms with Gasteiger partial charge in [-0.15, -0.1) is 0 Å². The fourth-order valence-corrected chi connectivity index (χ4v) is 3.70. The second-order valence-electron chi connectivity index (χ2n) is 8.71. The van der Waals surface area contributed by atoms with Crippen molar-refractivity contribution in [2.75, 3.05) is 14.2 Å². The minimum Gasteiger partial charge on any atom is -0.481 e. The Hall–Kier alpha value is -2.10. The standard InChI is InChI=1S/C21H35NO6/c1-8-20(3,4)13-21(5,19(26)28-7)11-16(18(25)27-6)10-15(12-22)9-14(2)17(23)24/h14-16H,8-11,13H2,1-7H3,(H,23,24). The van der Waals surface area contributed by atoms with E-state index in [1.165, 1.54) is 21.1 Å². The summed E-state index contributed by atoms with van der Waals surface area (Å²) >= 11 is 0. The van der Waals surface area contributed by atoms with Gasteiger partial charge in [0.2, 0.25) is 0 Å². The van der Waals surface area contributed by atoms with Crippen molar-refractivity contribution in [2.24, 2.45) is 28.6 Å². The van der Waals surface area contributed by atoms with Crippen LogP contribution in [-0.2, 0) is 23.9 Å². The molecule has 160 valence electrons. The molecule has 0 aromatic carbocycles. The lowest BCUT2D eigenvalue weighted by Gasteiger charge is -2.37. The average Bonchev–Trinajstić information content (AvgIpc) is 2.64. The Morgan fingerprint density at radius 3 is 2.07 bits per heavy atom. The number of hydrogen-bond acceptors (Lipinski definition) is 6.